The third kappa shape index (κ3) is 10.6. The Morgan fingerprint density at radius 3 is 1.79 bits per heavy atom. The Kier molecular flexibility index (Phi) is 14.1. The van der Waals surface area contributed by atoms with Crippen molar-refractivity contribution < 1.29 is 34.2 Å². The van der Waals surface area contributed by atoms with E-state index in [9.17, 15) is 29.1 Å². The van der Waals surface area contributed by atoms with Crippen LogP contribution in [-0.2, 0) is 30.4 Å². The highest BCUT2D eigenvalue weighted by molar-refractivity contribution is 5.96. The molecular weight excluding hydrogens is 508 g/mol. The van der Waals surface area contributed by atoms with E-state index in [4.69, 9.17) is 16.6 Å². The number of hydrogen-bond donors (Lipinski definition) is 8. The molecule has 13 nitrogen and oxygen atoms in total. The first kappa shape index (κ1) is 33.5. The second-order valence-electron chi connectivity index (χ2n) is 9.79. The van der Waals surface area contributed by atoms with Crippen LogP contribution >= 0.6 is 0 Å². The maximum atomic E-state index is 13.1. The molecule has 0 aliphatic heterocycles. The van der Waals surface area contributed by atoms with E-state index in [1.807, 2.05) is 6.92 Å². The molecule has 0 saturated carbocycles. The summed E-state index contributed by atoms with van der Waals surface area (Å²) < 4.78 is 0. The van der Waals surface area contributed by atoms with Gasteiger partial charge in [-0.3, -0.25) is 24.0 Å². The van der Waals surface area contributed by atoms with Crippen LogP contribution in [0.1, 0.15) is 39.7 Å². The monoisotopic (exact) mass is 550 g/mol. The van der Waals surface area contributed by atoms with Crippen LogP contribution in [0.4, 0.5) is 0 Å². The lowest BCUT2D eigenvalue weighted by Crippen LogP contribution is -2.61. The zero-order valence-electron chi connectivity index (χ0n) is 22.8. The van der Waals surface area contributed by atoms with Gasteiger partial charge < -0.3 is 42.9 Å². The normalized spacial score (nSPS) is 15.7. The molecule has 0 spiro atoms. The Labute approximate surface area is 228 Å². The fourth-order valence-corrected chi connectivity index (χ4v) is 3.62. The molecule has 10 N–H and O–H groups in total. The number of nitrogens with one attached hydrogen (secondary N) is 4. The van der Waals surface area contributed by atoms with Crippen LogP contribution in [0.2, 0.25) is 0 Å². The summed E-state index contributed by atoms with van der Waals surface area (Å²) in [4.78, 5) is 63.2. The van der Waals surface area contributed by atoms with Crippen molar-refractivity contribution in [2.45, 2.75) is 70.7 Å². The van der Waals surface area contributed by atoms with Gasteiger partial charge in [-0.2, -0.15) is 0 Å². The molecule has 0 aliphatic rings. The van der Waals surface area contributed by atoms with Crippen molar-refractivity contribution in [1.82, 2.24) is 21.3 Å². The molecule has 1 rings (SSSR count). The standard InChI is InChI=1S/C26H42N6O7/c1-5-15(4)21(32-23(36)17(27)12-33)26(39)31-20(14(2)3)25(38)30-19(13-34)24(37)29-18(22(28)35)11-16-9-7-6-8-10-16/h6-10,14-15,17-21,33-34H,5,11-13,27H2,1-4H3,(H2,28,35)(H,29,37)(H,30,38)(H,31,39)(H,32,36)/t15-,17-,18-,19-,20-,21-/m0/s1. The number of hydrogen-bond acceptors (Lipinski definition) is 8. The Morgan fingerprint density at radius 2 is 1.31 bits per heavy atom. The minimum absolute atomic E-state index is 0.112. The molecule has 0 bridgehead atoms. The molecule has 0 radical (unpaired) electrons. The number of amides is 5. The Hall–Kier alpha value is -3.55. The Bertz CT molecular complexity index is 975. The van der Waals surface area contributed by atoms with Crippen molar-refractivity contribution in [3.63, 3.8) is 0 Å². The number of aliphatic hydroxyl groups is 2. The second-order valence-corrected chi connectivity index (χ2v) is 9.79. The molecule has 0 saturated heterocycles. The van der Waals surface area contributed by atoms with Gasteiger partial charge in [0.05, 0.1) is 13.2 Å². The van der Waals surface area contributed by atoms with E-state index in [-0.39, 0.29) is 12.3 Å². The SMILES string of the molecule is CC[C@H](C)[C@H](NC(=O)[C@@H](N)CO)C(=O)N[C@H](C(=O)N[C@@H](CO)C(=O)N[C@@H](Cc1ccccc1)C(N)=O)C(C)C. The van der Waals surface area contributed by atoms with Crippen LogP contribution in [-0.4, -0.2) is 83.2 Å². The quantitative estimate of drug-likeness (QED) is 0.111. The zero-order valence-corrected chi connectivity index (χ0v) is 22.8. The third-order valence-electron chi connectivity index (χ3n) is 6.33. The topological polar surface area (TPSA) is 226 Å². The first-order valence-electron chi connectivity index (χ1n) is 12.9. The van der Waals surface area contributed by atoms with Gasteiger partial charge in [0.2, 0.25) is 29.5 Å². The van der Waals surface area contributed by atoms with Gasteiger partial charge in [-0.05, 0) is 17.4 Å². The van der Waals surface area contributed by atoms with Crippen molar-refractivity contribution >= 4 is 29.5 Å². The maximum absolute atomic E-state index is 13.1. The first-order valence-corrected chi connectivity index (χ1v) is 12.9. The number of carbonyl (C=O) groups is 5. The summed E-state index contributed by atoms with van der Waals surface area (Å²) in [7, 11) is 0. The van der Waals surface area contributed by atoms with Crippen molar-refractivity contribution in [2.75, 3.05) is 13.2 Å². The lowest BCUT2D eigenvalue weighted by molar-refractivity contribution is -0.136. The lowest BCUT2D eigenvalue weighted by Gasteiger charge is -2.29. The number of primary amides is 1. The third-order valence-corrected chi connectivity index (χ3v) is 6.33. The molecule has 0 aliphatic carbocycles. The molecule has 5 amide bonds. The highest BCUT2D eigenvalue weighted by atomic mass is 16.3. The van der Waals surface area contributed by atoms with Gasteiger partial charge in [0.1, 0.15) is 30.2 Å². The average molecular weight is 551 g/mol. The molecule has 1 aromatic rings. The van der Waals surface area contributed by atoms with Gasteiger partial charge in [-0.1, -0.05) is 64.4 Å². The van der Waals surface area contributed by atoms with Crippen molar-refractivity contribution in [3.05, 3.63) is 35.9 Å². The maximum Gasteiger partial charge on any atom is 0.245 e. The van der Waals surface area contributed by atoms with Gasteiger partial charge in [0, 0.05) is 6.42 Å². The number of benzene rings is 1. The van der Waals surface area contributed by atoms with E-state index in [1.54, 1.807) is 51.1 Å². The number of aliphatic hydroxyl groups excluding tert-OH is 2. The summed E-state index contributed by atoms with van der Waals surface area (Å²) in [6.07, 6.45) is 0.628. The Balaban J connectivity index is 2.97. The minimum Gasteiger partial charge on any atom is -0.394 e. The molecule has 0 unspecified atom stereocenters. The number of carbonyl (C=O) groups excluding carboxylic acids is 5. The van der Waals surface area contributed by atoms with Crippen LogP contribution in [0.15, 0.2) is 30.3 Å². The average Bonchev–Trinajstić information content (AvgIpc) is 2.91. The molecule has 218 valence electrons. The summed E-state index contributed by atoms with van der Waals surface area (Å²) in [6.45, 7) is 5.50. The van der Waals surface area contributed by atoms with Gasteiger partial charge >= 0.3 is 0 Å². The fourth-order valence-electron chi connectivity index (χ4n) is 3.62. The van der Waals surface area contributed by atoms with Gasteiger partial charge in [-0.25, -0.2) is 0 Å². The van der Waals surface area contributed by atoms with E-state index in [0.717, 1.165) is 5.56 Å². The van der Waals surface area contributed by atoms with E-state index >= 15 is 0 Å². The molecule has 1 aromatic carbocycles. The largest absolute Gasteiger partial charge is 0.394 e. The molecule has 0 fully saturated rings. The summed E-state index contributed by atoms with van der Waals surface area (Å²) in [5.41, 5.74) is 11.7. The van der Waals surface area contributed by atoms with Crippen LogP contribution in [0.25, 0.3) is 0 Å². The minimum atomic E-state index is -1.43. The van der Waals surface area contributed by atoms with Gasteiger partial charge in [-0.15, -0.1) is 0 Å². The predicted molar refractivity (Wildman–Crippen MR) is 144 cm³/mol. The van der Waals surface area contributed by atoms with Crippen LogP contribution < -0.4 is 32.7 Å². The summed E-state index contributed by atoms with van der Waals surface area (Å²) in [6, 6.07) is 2.94. The van der Waals surface area contributed by atoms with Crippen LogP contribution in [0.3, 0.4) is 0 Å². The number of rotatable bonds is 16. The molecule has 13 heteroatoms. The van der Waals surface area contributed by atoms with Crippen molar-refractivity contribution in [1.29, 1.82) is 0 Å². The van der Waals surface area contributed by atoms with Gasteiger partial charge in [0.15, 0.2) is 0 Å². The van der Waals surface area contributed by atoms with Gasteiger partial charge in [0.25, 0.3) is 0 Å². The predicted octanol–water partition coefficient (Wildman–Crippen LogP) is -2.33. The van der Waals surface area contributed by atoms with E-state index in [1.165, 1.54) is 0 Å². The van der Waals surface area contributed by atoms with E-state index in [0.29, 0.717) is 6.42 Å². The highest BCUT2D eigenvalue weighted by Gasteiger charge is 2.34. The van der Waals surface area contributed by atoms with Crippen LogP contribution in [0.5, 0.6) is 0 Å². The molecular formula is C26H42N6O7. The smallest absolute Gasteiger partial charge is 0.245 e. The summed E-state index contributed by atoms with van der Waals surface area (Å²) in [5, 5.41) is 28.9. The second kappa shape index (κ2) is 16.4. The van der Waals surface area contributed by atoms with Crippen molar-refractivity contribution in [3.8, 4) is 0 Å². The lowest BCUT2D eigenvalue weighted by atomic mass is 9.96. The van der Waals surface area contributed by atoms with Crippen LogP contribution in [0, 0.1) is 11.8 Å². The fraction of sp³-hybridized carbons (Fsp3) is 0.577. The summed E-state index contributed by atoms with van der Waals surface area (Å²) >= 11 is 0. The molecule has 39 heavy (non-hydrogen) atoms. The van der Waals surface area contributed by atoms with E-state index < -0.39 is 78.9 Å². The van der Waals surface area contributed by atoms with E-state index in [2.05, 4.69) is 21.3 Å². The first-order chi connectivity index (χ1) is 18.4. The number of nitrogens with two attached hydrogens (primary N) is 2. The summed E-state index contributed by atoms with van der Waals surface area (Å²) in [5.74, 6) is -4.53. The zero-order chi connectivity index (χ0) is 29.7. The van der Waals surface area contributed by atoms with Crippen molar-refractivity contribution in [2.24, 2.45) is 23.3 Å². The molecule has 0 heterocycles. The highest BCUT2D eigenvalue weighted by Crippen LogP contribution is 2.11. The molecule has 6 atom stereocenters. The molecule has 0 aromatic heterocycles. The Morgan fingerprint density at radius 1 is 0.769 bits per heavy atom.